The Morgan fingerprint density at radius 1 is 0.352 bits per heavy atom. The van der Waals surface area contributed by atoms with E-state index >= 15 is 0 Å². The minimum absolute atomic E-state index is 0.104. The first-order valence-corrected chi connectivity index (χ1v) is 31.4. The number of aromatic hydroxyl groups is 2. The van der Waals surface area contributed by atoms with Gasteiger partial charge in [0.15, 0.2) is 24.4 Å². The van der Waals surface area contributed by atoms with Crippen molar-refractivity contribution in [2.75, 3.05) is 37.1 Å². The van der Waals surface area contributed by atoms with E-state index in [-0.39, 0.29) is 49.9 Å². The number of fused-ring (bicyclic) bond motifs is 6. The van der Waals surface area contributed by atoms with Gasteiger partial charge in [-0.05, 0) is 166 Å². The lowest BCUT2D eigenvalue weighted by molar-refractivity contribution is -0.135. The zero-order valence-corrected chi connectivity index (χ0v) is 50.7. The summed E-state index contributed by atoms with van der Waals surface area (Å²) in [5, 5.41) is 27.5. The Morgan fingerprint density at radius 3 is 0.932 bits per heavy atom. The predicted octanol–water partition coefficient (Wildman–Crippen LogP) is 12.2. The van der Waals surface area contributed by atoms with Crippen LogP contribution in [0.1, 0.15) is 92.8 Å². The molecule has 4 aliphatic heterocycles. The second-order valence-corrected chi connectivity index (χ2v) is 23.4. The van der Waals surface area contributed by atoms with Gasteiger partial charge >= 0.3 is 35.8 Å². The van der Waals surface area contributed by atoms with Gasteiger partial charge in [0, 0.05) is 23.5 Å². The van der Waals surface area contributed by atoms with Gasteiger partial charge in [0.1, 0.15) is 47.4 Å². The van der Waals surface area contributed by atoms with Crippen LogP contribution in [0.3, 0.4) is 0 Å². The number of benzene rings is 8. The van der Waals surface area contributed by atoms with Crippen LogP contribution in [-0.4, -0.2) is 132 Å². The van der Waals surface area contributed by atoms with Crippen LogP contribution in [0.4, 0.5) is 0 Å². The van der Waals surface area contributed by atoms with E-state index in [1.165, 1.54) is 0 Å². The number of carbonyl (C=O) groups is 6. The van der Waals surface area contributed by atoms with Gasteiger partial charge in [0.2, 0.25) is 0 Å². The highest BCUT2D eigenvalue weighted by atomic mass is 79.9. The first kappa shape index (κ1) is 61.7. The second kappa shape index (κ2) is 28.5. The number of unbranched alkanes of at least 4 members (excludes halogenated alkanes) is 4. The minimum atomic E-state index is -0.675. The molecule has 18 nitrogen and oxygen atoms in total. The average molecular weight is 1330 g/mol. The van der Waals surface area contributed by atoms with E-state index in [9.17, 15) is 39.0 Å². The SMILES string of the molecule is O=C(CCCCCBr)Oc1ccc2cc(C(=O)O[C@@H]3CO[C@H]4[C@@H]3OC[C@H]4OC(=O)c3ccc4cc(OC(=O)CCCCCBr)ccc4c3)ccc2c1.O=C(O[C@@H]1CO[C@H]2[C@@H]1OC[C@H]2OC(=O)c1ccc2cc(O)ccc2c1)c1ccc2cc(O)ccc2c1. The maximum atomic E-state index is 13.2. The third kappa shape index (κ3) is 14.9. The van der Waals surface area contributed by atoms with Crippen molar-refractivity contribution in [3.8, 4) is 23.0 Å². The lowest BCUT2D eigenvalue weighted by Crippen LogP contribution is -2.36. The molecule has 2 N–H and O–H groups in total. The normalized spacial score (nSPS) is 20.8. The number of phenols is 2. The van der Waals surface area contributed by atoms with Crippen LogP contribution >= 0.6 is 31.9 Å². The maximum absolute atomic E-state index is 13.2. The summed E-state index contributed by atoms with van der Waals surface area (Å²) in [5.41, 5.74) is 1.47. The summed E-state index contributed by atoms with van der Waals surface area (Å²) in [7, 11) is 0. The number of hydrogen-bond donors (Lipinski definition) is 2. The smallest absolute Gasteiger partial charge is 0.338 e. The Morgan fingerprint density at radius 2 is 0.625 bits per heavy atom. The summed E-state index contributed by atoms with van der Waals surface area (Å²) in [6.45, 7) is 0.479. The molecule has 4 fully saturated rings. The van der Waals surface area contributed by atoms with Crippen LogP contribution in [0.2, 0.25) is 0 Å². The van der Waals surface area contributed by atoms with E-state index in [1.807, 2.05) is 0 Å². The number of carbonyl (C=O) groups excluding carboxylic acids is 6. The Bertz CT molecular complexity index is 3660. The molecule has 8 atom stereocenters. The molecule has 20 heteroatoms. The van der Waals surface area contributed by atoms with Crippen LogP contribution in [-0.2, 0) is 47.5 Å². The van der Waals surface area contributed by atoms with E-state index in [2.05, 4.69) is 31.9 Å². The Kier molecular flexibility index (Phi) is 19.9. The van der Waals surface area contributed by atoms with Crippen molar-refractivity contribution in [2.45, 2.75) is 100 Å². The summed E-state index contributed by atoms with van der Waals surface area (Å²) < 4.78 is 57.4. The number of halogens is 2. The topological polar surface area (TPSA) is 235 Å². The minimum Gasteiger partial charge on any atom is -0.508 e. The highest BCUT2D eigenvalue weighted by Gasteiger charge is 2.52. The van der Waals surface area contributed by atoms with E-state index in [0.717, 1.165) is 92.3 Å². The largest absolute Gasteiger partial charge is 0.508 e. The van der Waals surface area contributed by atoms with Crippen molar-refractivity contribution in [2.24, 2.45) is 0 Å². The molecular formula is C68H62Br2O18. The Labute approximate surface area is 522 Å². The summed E-state index contributed by atoms with van der Waals surface area (Å²) in [5.74, 6) is -1.40. The Hall–Kier alpha value is -7.98. The zero-order valence-electron chi connectivity index (χ0n) is 47.6. The summed E-state index contributed by atoms with van der Waals surface area (Å²) in [6, 6.07) is 40.9. The zero-order chi connectivity index (χ0) is 61.3. The summed E-state index contributed by atoms with van der Waals surface area (Å²) in [6.07, 6.45) is 1.38. The number of rotatable bonds is 20. The fourth-order valence-electron chi connectivity index (χ4n) is 11.1. The molecule has 8 aromatic rings. The fourth-order valence-corrected chi connectivity index (χ4v) is 11.9. The van der Waals surface area contributed by atoms with Gasteiger partial charge in [-0.15, -0.1) is 0 Å². The highest BCUT2D eigenvalue weighted by molar-refractivity contribution is 9.09. The molecule has 0 saturated carbocycles. The quantitative estimate of drug-likeness (QED) is 0.0237. The lowest BCUT2D eigenvalue weighted by Gasteiger charge is -2.17. The van der Waals surface area contributed by atoms with Gasteiger partial charge in [-0.1, -0.05) is 93.2 Å². The summed E-state index contributed by atoms with van der Waals surface area (Å²) in [4.78, 5) is 76.3. The number of hydrogen-bond acceptors (Lipinski definition) is 18. The van der Waals surface area contributed by atoms with Gasteiger partial charge in [0.25, 0.3) is 0 Å². The van der Waals surface area contributed by atoms with Crippen LogP contribution < -0.4 is 9.47 Å². The molecule has 4 heterocycles. The van der Waals surface area contributed by atoms with Crippen LogP contribution in [0.25, 0.3) is 43.1 Å². The van der Waals surface area contributed by atoms with Crippen molar-refractivity contribution in [1.82, 2.24) is 0 Å². The molecule has 0 amide bonds. The molecule has 0 aliphatic carbocycles. The van der Waals surface area contributed by atoms with Gasteiger partial charge in [0.05, 0.1) is 48.7 Å². The monoisotopic (exact) mass is 1320 g/mol. The molecule has 4 aliphatic rings. The van der Waals surface area contributed by atoms with Gasteiger partial charge in [-0.25, -0.2) is 19.2 Å². The molecule has 456 valence electrons. The van der Waals surface area contributed by atoms with Gasteiger partial charge in [-0.2, -0.15) is 0 Å². The van der Waals surface area contributed by atoms with Gasteiger partial charge < -0.3 is 57.6 Å². The molecule has 0 aromatic heterocycles. The van der Waals surface area contributed by atoms with Crippen LogP contribution in [0.5, 0.6) is 23.0 Å². The standard InChI is InChI=1S/C40H40Br2O10.C28H22O8/c41-17-5-1-3-7-35(43)49-31-15-13-25-19-29(11-9-27(25)21-31)39(45)51-33-23-47-38-34(24-48-37(33)38)52-40(46)30-12-10-28-22-32(16-14-26(28)20-30)50-36(44)8-4-2-6-18-42;29-21-7-5-15-9-19(3-1-17(15)11-21)27(31)35-23-13-33-26-24(14-34-25(23)26)36-28(32)20-4-2-18-12-22(30)8-6-16(18)10-20/h9-16,19-22,33-34,37-38H,1-8,17-18,23-24H2;1-12,23-26,29-30H,13-14H2/t33-,34-,37-,38-;23-,24-,25-,26-/m11/s1. The number of esters is 6. The molecular weight excluding hydrogens is 1260 g/mol. The van der Waals surface area contributed by atoms with Crippen molar-refractivity contribution in [3.05, 3.63) is 168 Å². The van der Waals surface area contributed by atoms with E-state index in [1.54, 1.807) is 146 Å². The maximum Gasteiger partial charge on any atom is 0.338 e. The van der Waals surface area contributed by atoms with Crippen molar-refractivity contribution < 1.29 is 86.3 Å². The molecule has 0 unspecified atom stereocenters. The molecule has 8 aromatic carbocycles. The van der Waals surface area contributed by atoms with Crippen molar-refractivity contribution in [1.29, 1.82) is 0 Å². The first-order valence-electron chi connectivity index (χ1n) is 29.1. The molecule has 0 bridgehead atoms. The van der Waals surface area contributed by atoms with Crippen molar-refractivity contribution in [3.63, 3.8) is 0 Å². The molecule has 0 spiro atoms. The van der Waals surface area contributed by atoms with Crippen LogP contribution in [0, 0.1) is 0 Å². The first-order chi connectivity index (χ1) is 42.7. The van der Waals surface area contributed by atoms with E-state index in [4.69, 9.17) is 47.4 Å². The van der Waals surface area contributed by atoms with Gasteiger partial charge in [-0.3, -0.25) is 9.59 Å². The van der Waals surface area contributed by atoms with Crippen LogP contribution in [0.15, 0.2) is 146 Å². The molecule has 88 heavy (non-hydrogen) atoms. The third-order valence-corrected chi connectivity index (χ3v) is 16.8. The highest BCUT2D eigenvalue weighted by Crippen LogP contribution is 2.35. The number of alkyl halides is 2. The summed E-state index contributed by atoms with van der Waals surface area (Å²) >= 11 is 6.78. The number of phenolic OH excluding ortho intramolecular Hbond substituents is 2. The number of ether oxygens (including phenoxy) is 10. The molecule has 0 radical (unpaired) electrons. The fraction of sp³-hybridized carbons (Fsp3) is 0.324. The third-order valence-electron chi connectivity index (χ3n) is 15.7. The Balaban J connectivity index is 0.000000194. The average Bonchev–Trinajstić information content (AvgIpc) is 2.55. The second-order valence-electron chi connectivity index (χ2n) is 21.9. The molecule has 12 rings (SSSR count). The predicted molar refractivity (Wildman–Crippen MR) is 331 cm³/mol. The van der Waals surface area contributed by atoms with Crippen molar-refractivity contribution >= 4 is 111 Å². The molecule has 4 saturated heterocycles. The van der Waals surface area contributed by atoms with E-state index < -0.39 is 72.7 Å². The van der Waals surface area contributed by atoms with E-state index in [0.29, 0.717) is 46.6 Å². The lowest BCUT2D eigenvalue weighted by atomic mass is 10.1.